The van der Waals surface area contributed by atoms with E-state index in [4.69, 9.17) is 9.84 Å². The fourth-order valence-electron chi connectivity index (χ4n) is 3.47. The summed E-state index contributed by atoms with van der Waals surface area (Å²) in [4.78, 5) is 50.2. The van der Waals surface area contributed by atoms with Gasteiger partial charge in [0.25, 0.3) is 10.2 Å². The highest BCUT2D eigenvalue weighted by molar-refractivity contribution is 5.83. The molecule has 1 N–H and O–H groups in total. The van der Waals surface area contributed by atoms with E-state index >= 15 is 0 Å². The van der Waals surface area contributed by atoms with Crippen molar-refractivity contribution in [1.29, 1.82) is 0 Å². The lowest BCUT2D eigenvalue weighted by Gasteiger charge is -2.10. The van der Waals surface area contributed by atoms with E-state index in [9.17, 15) is 29.8 Å². The van der Waals surface area contributed by atoms with Crippen molar-refractivity contribution in [2.45, 2.75) is 64.2 Å². The third kappa shape index (κ3) is 13.9. The zero-order valence-electron chi connectivity index (χ0n) is 20.0. The first-order chi connectivity index (χ1) is 16.7. The molecule has 12 heteroatoms. The van der Waals surface area contributed by atoms with E-state index in [-0.39, 0.29) is 19.1 Å². The Labute approximate surface area is 203 Å². The van der Waals surface area contributed by atoms with Gasteiger partial charge < -0.3 is 19.5 Å². The van der Waals surface area contributed by atoms with Crippen LogP contribution in [0, 0.1) is 26.1 Å². The molecule has 0 aliphatic heterocycles. The molecule has 2 rings (SSSR count). The number of unbranched alkanes of at least 4 members (excludes halogenated alkanes) is 2. The van der Waals surface area contributed by atoms with Crippen molar-refractivity contribution in [3.8, 4) is 0 Å². The molecule has 1 aliphatic carbocycles. The lowest BCUT2D eigenvalue weighted by molar-refractivity contribution is -0.757. The Morgan fingerprint density at radius 2 is 1.51 bits per heavy atom. The van der Waals surface area contributed by atoms with Crippen molar-refractivity contribution in [3.63, 3.8) is 0 Å². The number of Topliss-reactive ketones (excluding diaryl/α,β-unsaturated/α-hetero) is 1. The summed E-state index contributed by atoms with van der Waals surface area (Å²) in [5, 5.41) is 26.8. The monoisotopic (exact) mass is 498 g/mol. The smallest absolute Gasteiger partial charge is 0.310 e. The van der Waals surface area contributed by atoms with Gasteiger partial charge >= 0.3 is 5.97 Å². The van der Waals surface area contributed by atoms with Crippen molar-refractivity contribution in [3.05, 3.63) is 55.6 Å². The van der Waals surface area contributed by atoms with Crippen LogP contribution >= 0.6 is 0 Å². The van der Waals surface area contributed by atoms with E-state index in [1.54, 1.807) is 6.92 Å². The summed E-state index contributed by atoms with van der Waals surface area (Å²) in [7, 11) is 0. The molecule has 12 nitrogen and oxygen atoms in total. The van der Waals surface area contributed by atoms with Crippen LogP contribution in [0.25, 0.3) is 0 Å². The maximum atomic E-state index is 11.6. The van der Waals surface area contributed by atoms with Crippen LogP contribution in [0.1, 0.15) is 68.9 Å². The van der Waals surface area contributed by atoms with Crippen LogP contribution in [-0.4, -0.2) is 53.5 Å². The third-order valence-corrected chi connectivity index (χ3v) is 5.52. The summed E-state index contributed by atoms with van der Waals surface area (Å²) in [5.74, 6) is -0.744. The summed E-state index contributed by atoms with van der Waals surface area (Å²) < 4.78 is 5.20. The fourth-order valence-corrected chi connectivity index (χ4v) is 3.47. The number of carbonyl (C=O) groups is 2. The average Bonchev–Trinajstić information content (AvgIpc) is 3.21. The second kappa shape index (κ2) is 17.2. The molecule has 2 unspecified atom stereocenters. The maximum absolute atomic E-state index is 11.6. The van der Waals surface area contributed by atoms with Crippen molar-refractivity contribution in [1.82, 2.24) is 0 Å². The van der Waals surface area contributed by atoms with Crippen LogP contribution in [0.4, 0.5) is 0 Å². The SMILES string of the molecule is CC(C(=O)O)c1ccc(CC2CCCC2=O)cc1.O=[N+]([O-])OCCCCOCCCCO[N+](=O)[O-]. The standard InChI is InChI=1S/C15H18O3.C8H16N2O7/c1-10(15(17)18)12-7-5-11(6-8-12)9-13-3-2-4-14(13)16;11-9(12)16-7-3-1-5-15-6-2-4-8-17-10(13)14/h5-8,10,13H,2-4,9H2,1H3,(H,17,18);1-8H2. The Morgan fingerprint density at radius 3 is 1.94 bits per heavy atom. The highest BCUT2D eigenvalue weighted by Crippen LogP contribution is 2.25. The number of carboxylic acid groups (broad SMARTS) is 1. The van der Waals surface area contributed by atoms with Crippen LogP contribution in [0.3, 0.4) is 0 Å². The number of benzene rings is 1. The third-order valence-electron chi connectivity index (χ3n) is 5.52. The van der Waals surface area contributed by atoms with Crippen LogP contribution in [-0.2, 0) is 30.4 Å². The van der Waals surface area contributed by atoms with Gasteiger partial charge in [0.05, 0.1) is 19.1 Å². The number of aliphatic carboxylic acids is 1. The summed E-state index contributed by atoms with van der Waals surface area (Å²) in [6, 6.07) is 7.60. The Bertz CT molecular complexity index is 778. The summed E-state index contributed by atoms with van der Waals surface area (Å²) in [5.41, 5.74) is 1.93. The van der Waals surface area contributed by atoms with Crippen LogP contribution in [0.2, 0.25) is 0 Å². The van der Waals surface area contributed by atoms with Gasteiger partial charge in [0, 0.05) is 25.6 Å². The average molecular weight is 499 g/mol. The van der Waals surface area contributed by atoms with Crippen LogP contribution in [0.15, 0.2) is 24.3 Å². The maximum Gasteiger partial charge on any atom is 0.310 e. The van der Waals surface area contributed by atoms with Gasteiger partial charge in [0.1, 0.15) is 5.78 Å². The van der Waals surface area contributed by atoms with E-state index < -0.39 is 22.1 Å². The van der Waals surface area contributed by atoms with E-state index in [1.807, 2.05) is 24.3 Å². The molecule has 1 aromatic carbocycles. The number of rotatable bonds is 16. The molecule has 0 heterocycles. The molecule has 0 radical (unpaired) electrons. The molecule has 35 heavy (non-hydrogen) atoms. The van der Waals surface area contributed by atoms with E-state index in [1.165, 1.54) is 0 Å². The van der Waals surface area contributed by atoms with Gasteiger partial charge in [-0.15, -0.1) is 20.2 Å². The molecule has 2 atom stereocenters. The van der Waals surface area contributed by atoms with Gasteiger partial charge in [-0.3, -0.25) is 9.59 Å². The fraction of sp³-hybridized carbons (Fsp3) is 0.652. The molecule has 1 fully saturated rings. The predicted octanol–water partition coefficient (Wildman–Crippen LogP) is 3.77. The summed E-state index contributed by atoms with van der Waals surface area (Å²) in [6.07, 6.45) is 6.00. The van der Waals surface area contributed by atoms with E-state index in [0.717, 1.165) is 36.8 Å². The lowest BCUT2D eigenvalue weighted by atomic mass is 9.94. The molecular weight excluding hydrogens is 464 g/mol. The minimum atomic E-state index is -0.823. The summed E-state index contributed by atoms with van der Waals surface area (Å²) >= 11 is 0. The topological polar surface area (TPSA) is 168 Å². The Kier molecular flexibility index (Phi) is 14.6. The second-order valence-electron chi connectivity index (χ2n) is 8.20. The number of carboxylic acids is 1. The molecule has 0 aromatic heterocycles. The predicted molar refractivity (Wildman–Crippen MR) is 124 cm³/mol. The van der Waals surface area contributed by atoms with Gasteiger partial charge in [-0.1, -0.05) is 24.3 Å². The van der Waals surface area contributed by atoms with Crippen LogP contribution < -0.4 is 0 Å². The number of hydrogen-bond donors (Lipinski definition) is 1. The molecule has 196 valence electrons. The Hall–Kier alpha value is -3.28. The molecular formula is C23H34N2O10. The first-order valence-electron chi connectivity index (χ1n) is 11.7. The molecule has 1 aromatic rings. The van der Waals surface area contributed by atoms with Crippen molar-refractivity contribution >= 4 is 11.8 Å². The quantitative estimate of drug-likeness (QED) is 0.201. The van der Waals surface area contributed by atoms with Gasteiger partial charge in [-0.05, 0) is 63.0 Å². The van der Waals surface area contributed by atoms with E-state index in [2.05, 4.69) is 9.68 Å². The van der Waals surface area contributed by atoms with Crippen molar-refractivity contribution in [2.75, 3.05) is 26.4 Å². The van der Waals surface area contributed by atoms with Crippen LogP contribution in [0.5, 0.6) is 0 Å². The number of ether oxygens (including phenoxy) is 1. The highest BCUT2D eigenvalue weighted by Gasteiger charge is 2.24. The minimum absolute atomic E-state index is 0.0764. The van der Waals surface area contributed by atoms with Gasteiger partial charge in [-0.2, -0.15) is 0 Å². The molecule has 1 aliphatic rings. The summed E-state index contributed by atoms with van der Waals surface area (Å²) in [6.45, 7) is 2.83. The van der Waals surface area contributed by atoms with E-state index in [0.29, 0.717) is 44.7 Å². The second-order valence-corrected chi connectivity index (χ2v) is 8.20. The van der Waals surface area contributed by atoms with Gasteiger partial charge in [-0.25, -0.2) is 0 Å². The molecule has 0 bridgehead atoms. The number of carbonyl (C=O) groups excluding carboxylic acids is 1. The zero-order valence-corrected chi connectivity index (χ0v) is 20.0. The Morgan fingerprint density at radius 1 is 1.00 bits per heavy atom. The molecule has 1 saturated carbocycles. The lowest BCUT2D eigenvalue weighted by Crippen LogP contribution is -2.10. The minimum Gasteiger partial charge on any atom is -0.481 e. The molecule has 0 saturated heterocycles. The molecule has 0 spiro atoms. The normalized spacial score (nSPS) is 15.6. The van der Waals surface area contributed by atoms with Crippen molar-refractivity contribution in [2.24, 2.45) is 5.92 Å². The Balaban J connectivity index is 0.000000351. The van der Waals surface area contributed by atoms with Crippen molar-refractivity contribution < 1.29 is 39.3 Å². The highest BCUT2D eigenvalue weighted by atomic mass is 17.0. The van der Waals surface area contributed by atoms with Gasteiger partial charge in [0.2, 0.25) is 0 Å². The van der Waals surface area contributed by atoms with Gasteiger partial charge in [0.15, 0.2) is 0 Å². The molecule has 0 amide bonds. The number of nitrogens with zero attached hydrogens (tertiary/aromatic N) is 2. The zero-order chi connectivity index (χ0) is 26.1. The largest absolute Gasteiger partial charge is 0.481 e. The first-order valence-corrected chi connectivity index (χ1v) is 11.7. The number of hydrogen-bond acceptors (Lipinski definition) is 9. The first kappa shape index (κ1) is 29.8. The number of ketones is 1.